The Hall–Kier alpha value is -2.48. The Morgan fingerprint density at radius 1 is 1.40 bits per heavy atom. The standard InChI is InChI=1S/C22H31FN4O3/c1-22(2,3)19(20-24-17-9-8-16(23)11-18(17)25-20)26-21(29)15(12-27(30)13-28)10-14-6-4-5-7-14/h8-9,11,13-15,19,30H,4-7,10,12H2,1-3H3,(H,24,25)(H,26,29). The van der Waals surface area contributed by atoms with Crippen LogP contribution < -0.4 is 5.32 Å². The molecule has 0 radical (unpaired) electrons. The summed E-state index contributed by atoms with van der Waals surface area (Å²) in [6.45, 7) is 5.92. The number of halogens is 1. The van der Waals surface area contributed by atoms with E-state index in [1.54, 1.807) is 6.07 Å². The fourth-order valence-corrected chi connectivity index (χ4v) is 4.28. The van der Waals surface area contributed by atoms with Crippen LogP contribution in [0, 0.1) is 23.1 Å². The fourth-order valence-electron chi connectivity index (χ4n) is 4.28. The molecular weight excluding hydrogens is 387 g/mol. The molecule has 0 saturated heterocycles. The number of carbonyl (C=O) groups excluding carboxylic acids is 2. The molecule has 2 unspecified atom stereocenters. The van der Waals surface area contributed by atoms with Crippen molar-refractivity contribution < 1.29 is 19.2 Å². The minimum Gasteiger partial charge on any atom is -0.345 e. The van der Waals surface area contributed by atoms with Crippen LogP contribution in [0.4, 0.5) is 4.39 Å². The highest BCUT2D eigenvalue weighted by Gasteiger charge is 2.34. The second-order valence-electron chi connectivity index (χ2n) is 9.40. The molecule has 1 heterocycles. The molecule has 1 fully saturated rings. The van der Waals surface area contributed by atoms with Gasteiger partial charge in [0.05, 0.1) is 29.5 Å². The van der Waals surface area contributed by atoms with Crippen molar-refractivity contribution in [1.29, 1.82) is 0 Å². The SMILES string of the molecule is CC(C)(C)C(NC(=O)C(CC1CCCC1)CN(O)C=O)c1nc2ccc(F)cc2[nH]1. The highest BCUT2D eigenvalue weighted by atomic mass is 19.1. The number of H-pyrrole nitrogens is 1. The van der Waals surface area contributed by atoms with Crippen molar-refractivity contribution >= 4 is 23.4 Å². The monoisotopic (exact) mass is 418 g/mol. The third-order valence-electron chi connectivity index (χ3n) is 5.88. The number of nitrogens with one attached hydrogen (secondary N) is 2. The molecule has 1 aromatic heterocycles. The van der Waals surface area contributed by atoms with E-state index in [0.717, 1.165) is 25.7 Å². The van der Waals surface area contributed by atoms with Crippen molar-refractivity contribution in [3.8, 4) is 0 Å². The predicted molar refractivity (Wildman–Crippen MR) is 111 cm³/mol. The van der Waals surface area contributed by atoms with Gasteiger partial charge in [0.2, 0.25) is 12.3 Å². The summed E-state index contributed by atoms with van der Waals surface area (Å²) >= 11 is 0. The van der Waals surface area contributed by atoms with Gasteiger partial charge in [-0.15, -0.1) is 0 Å². The third-order valence-corrected chi connectivity index (χ3v) is 5.88. The van der Waals surface area contributed by atoms with Gasteiger partial charge in [0.1, 0.15) is 11.6 Å². The first-order valence-corrected chi connectivity index (χ1v) is 10.5. The molecular formula is C22H31FN4O3. The lowest BCUT2D eigenvalue weighted by molar-refractivity contribution is -0.155. The van der Waals surface area contributed by atoms with Gasteiger partial charge in [-0.3, -0.25) is 14.8 Å². The lowest BCUT2D eigenvalue weighted by Gasteiger charge is -2.32. The van der Waals surface area contributed by atoms with Gasteiger partial charge >= 0.3 is 0 Å². The molecule has 1 saturated carbocycles. The lowest BCUT2D eigenvalue weighted by atomic mass is 9.85. The highest BCUT2D eigenvalue weighted by molar-refractivity contribution is 5.80. The third kappa shape index (κ3) is 5.36. The molecule has 1 aliphatic rings. The molecule has 164 valence electrons. The smallest absolute Gasteiger partial charge is 0.233 e. The van der Waals surface area contributed by atoms with E-state index in [2.05, 4.69) is 15.3 Å². The van der Waals surface area contributed by atoms with Crippen LogP contribution in [0.3, 0.4) is 0 Å². The van der Waals surface area contributed by atoms with Gasteiger partial charge in [-0.05, 0) is 36.0 Å². The Bertz CT molecular complexity index is 886. The number of imidazole rings is 1. The quantitative estimate of drug-likeness (QED) is 0.343. The zero-order valence-corrected chi connectivity index (χ0v) is 17.8. The second kappa shape index (κ2) is 9.12. The summed E-state index contributed by atoms with van der Waals surface area (Å²) in [4.78, 5) is 31.8. The van der Waals surface area contributed by atoms with Crippen molar-refractivity contribution in [3.05, 3.63) is 29.8 Å². The molecule has 0 spiro atoms. The number of fused-ring (bicyclic) bond motifs is 1. The van der Waals surface area contributed by atoms with E-state index >= 15 is 0 Å². The molecule has 8 heteroatoms. The zero-order chi connectivity index (χ0) is 21.9. The van der Waals surface area contributed by atoms with E-state index in [-0.39, 0.29) is 23.7 Å². The van der Waals surface area contributed by atoms with Crippen LogP contribution in [-0.4, -0.2) is 39.1 Å². The first kappa shape index (κ1) is 22.2. The van der Waals surface area contributed by atoms with E-state index in [1.807, 2.05) is 20.8 Å². The van der Waals surface area contributed by atoms with Crippen molar-refractivity contribution in [3.63, 3.8) is 0 Å². The average molecular weight is 419 g/mol. The van der Waals surface area contributed by atoms with Crippen molar-refractivity contribution in [2.24, 2.45) is 17.3 Å². The van der Waals surface area contributed by atoms with E-state index in [4.69, 9.17) is 0 Å². The normalized spacial score (nSPS) is 17.1. The molecule has 0 bridgehead atoms. The number of amides is 2. The summed E-state index contributed by atoms with van der Waals surface area (Å²) in [6.07, 6.45) is 5.37. The van der Waals surface area contributed by atoms with Crippen LogP contribution in [0.15, 0.2) is 18.2 Å². The Morgan fingerprint density at radius 3 is 2.73 bits per heavy atom. The fraction of sp³-hybridized carbons (Fsp3) is 0.591. The van der Waals surface area contributed by atoms with Gasteiger partial charge in [-0.1, -0.05) is 46.5 Å². The number of rotatable bonds is 8. The van der Waals surface area contributed by atoms with Gasteiger partial charge in [-0.25, -0.2) is 14.4 Å². The molecule has 3 rings (SSSR count). The Labute approximate surface area is 176 Å². The first-order valence-electron chi connectivity index (χ1n) is 10.5. The van der Waals surface area contributed by atoms with Gasteiger partial charge in [0.15, 0.2) is 0 Å². The van der Waals surface area contributed by atoms with Crippen molar-refractivity contribution in [2.75, 3.05) is 6.54 Å². The predicted octanol–water partition coefficient (Wildman–Crippen LogP) is 3.95. The summed E-state index contributed by atoms with van der Waals surface area (Å²) in [5.41, 5.74) is 0.821. The number of hydrogen-bond acceptors (Lipinski definition) is 4. The maximum Gasteiger partial charge on any atom is 0.233 e. The summed E-state index contributed by atoms with van der Waals surface area (Å²) in [6, 6.07) is 3.88. The largest absolute Gasteiger partial charge is 0.345 e. The number of carbonyl (C=O) groups is 2. The number of benzene rings is 1. The lowest BCUT2D eigenvalue weighted by Crippen LogP contribution is -2.43. The number of nitrogens with zero attached hydrogens (tertiary/aromatic N) is 2. The number of aromatic nitrogens is 2. The van der Waals surface area contributed by atoms with Crippen LogP contribution >= 0.6 is 0 Å². The number of aromatic amines is 1. The molecule has 2 atom stereocenters. The van der Waals surface area contributed by atoms with E-state index in [9.17, 15) is 19.2 Å². The molecule has 0 aliphatic heterocycles. The Morgan fingerprint density at radius 2 is 2.10 bits per heavy atom. The summed E-state index contributed by atoms with van der Waals surface area (Å²) in [5, 5.41) is 13.3. The highest BCUT2D eigenvalue weighted by Crippen LogP contribution is 2.34. The van der Waals surface area contributed by atoms with Gasteiger partial charge in [-0.2, -0.15) is 0 Å². The molecule has 2 amide bonds. The van der Waals surface area contributed by atoms with Crippen molar-refractivity contribution in [1.82, 2.24) is 20.3 Å². The molecule has 3 N–H and O–H groups in total. The average Bonchev–Trinajstić information content (AvgIpc) is 3.33. The van der Waals surface area contributed by atoms with Crippen molar-refractivity contribution in [2.45, 2.75) is 58.9 Å². The topological polar surface area (TPSA) is 98.3 Å². The minimum atomic E-state index is -0.519. The van der Waals surface area contributed by atoms with Crippen LogP contribution in [-0.2, 0) is 9.59 Å². The number of hydrogen-bond donors (Lipinski definition) is 3. The maximum atomic E-state index is 13.6. The zero-order valence-electron chi connectivity index (χ0n) is 17.8. The van der Waals surface area contributed by atoms with Gasteiger partial charge < -0.3 is 10.3 Å². The van der Waals surface area contributed by atoms with E-state index in [1.165, 1.54) is 12.1 Å². The maximum absolute atomic E-state index is 13.6. The van der Waals surface area contributed by atoms with E-state index in [0.29, 0.717) is 40.7 Å². The summed E-state index contributed by atoms with van der Waals surface area (Å²) in [5.74, 6) is -0.137. The van der Waals surface area contributed by atoms with Crippen LogP contribution in [0.2, 0.25) is 0 Å². The Kier molecular flexibility index (Phi) is 6.75. The van der Waals surface area contributed by atoms with Crippen LogP contribution in [0.25, 0.3) is 11.0 Å². The van der Waals surface area contributed by atoms with Gasteiger partial charge in [0.25, 0.3) is 0 Å². The minimum absolute atomic E-state index is 0.0476. The molecule has 7 nitrogen and oxygen atoms in total. The molecule has 1 aromatic carbocycles. The number of hydroxylamine groups is 2. The van der Waals surface area contributed by atoms with Crippen LogP contribution in [0.1, 0.15) is 64.7 Å². The molecule has 1 aliphatic carbocycles. The van der Waals surface area contributed by atoms with Gasteiger partial charge in [0, 0.05) is 0 Å². The van der Waals surface area contributed by atoms with Crippen LogP contribution in [0.5, 0.6) is 0 Å². The summed E-state index contributed by atoms with van der Waals surface area (Å²) in [7, 11) is 0. The second-order valence-corrected chi connectivity index (χ2v) is 9.40. The Balaban J connectivity index is 1.83. The summed E-state index contributed by atoms with van der Waals surface area (Å²) < 4.78 is 13.6. The molecule has 2 aromatic rings. The van der Waals surface area contributed by atoms with E-state index < -0.39 is 12.0 Å². The molecule has 30 heavy (non-hydrogen) atoms. The first-order chi connectivity index (χ1) is 14.2.